The molecule has 0 fully saturated rings. The van der Waals surface area contributed by atoms with Gasteiger partial charge in [-0.2, -0.15) is 4.80 Å². The first kappa shape index (κ1) is 18.3. The summed E-state index contributed by atoms with van der Waals surface area (Å²) >= 11 is 3.40. The van der Waals surface area contributed by atoms with Gasteiger partial charge in [0.2, 0.25) is 11.7 Å². The van der Waals surface area contributed by atoms with E-state index in [1.54, 1.807) is 0 Å². The van der Waals surface area contributed by atoms with Crippen LogP contribution in [-0.2, 0) is 11.3 Å². The average Bonchev–Trinajstić information content (AvgIpc) is 3.11. The molecule has 0 saturated carbocycles. The number of carbonyl (C=O) groups excluding carboxylic acids is 1. The predicted molar refractivity (Wildman–Crippen MR) is 103 cm³/mol. The maximum Gasteiger partial charge on any atom is 0.244 e. The first-order chi connectivity index (χ1) is 12.7. The maximum absolute atomic E-state index is 12.4. The van der Waals surface area contributed by atoms with E-state index in [0.29, 0.717) is 5.82 Å². The lowest BCUT2D eigenvalue weighted by atomic mass is 10.0. The van der Waals surface area contributed by atoms with E-state index in [9.17, 15) is 4.79 Å². The number of nitrogens with one attached hydrogen (secondary N) is 1. The molecule has 1 aromatic heterocycles. The van der Waals surface area contributed by atoms with Crippen molar-refractivity contribution in [3.8, 4) is 11.4 Å². The Kier molecular flexibility index (Phi) is 6.12. The maximum atomic E-state index is 12.4. The summed E-state index contributed by atoms with van der Waals surface area (Å²) in [6.45, 7) is 2.14. The second-order valence-corrected chi connectivity index (χ2v) is 6.89. The molecule has 7 heteroatoms. The van der Waals surface area contributed by atoms with Crippen LogP contribution in [0.1, 0.15) is 31.4 Å². The van der Waals surface area contributed by atoms with Gasteiger partial charge in [0.05, 0.1) is 6.04 Å². The van der Waals surface area contributed by atoms with Crippen molar-refractivity contribution in [2.24, 2.45) is 0 Å². The molecule has 0 aliphatic heterocycles. The highest BCUT2D eigenvalue weighted by molar-refractivity contribution is 9.10. The van der Waals surface area contributed by atoms with Crippen LogP contribution in [0.3, 0.4) is 0 Å². The van der Waals surface area contributed by atoms with Crippen LogP contribution in [0.25, 0.3) is 11.4 Å². The number of amides is 1. The molecule has 0 radical (unpaired) electrons. The van der Waals surface area contributed by atoms with Crippen molar-refractivity contribution in [2.45, 2.75) is 32.4 Å². The van der Waals surface area contributed by atoms with Gasteiger partial charge in [-0.1, -0.05) is 59.6 Å². The second-order valence-electron chi connectivity index (χ2n) is 5.97. The van der Waals surface area contributed by atoms with E-state index >= 15 is 0 Å². The van der Waals surface area contributed by atoms with Crippen molar-refractivity contribution in [1.29, 1.82) is 0 Å². The molecule has 0 aliphatic carbocycles. The third-order valence-electron chi connectivity index (χ3n) is 3.95. The van der Waals surface area contributed by atoms with Crippen molar-refractivity contribution < 1.29 is 4.79 Å². The lowest BCUT2D eigenvalue weighted by Crippen LogP contribution is -2.32. The number of tetrazole rings is 1. The largest absolute Gasteiger partial charge is 0.348 e. The topological polar surface area (TPSA) is 72.7 Å². The monoisotopic (exact) mass is 413 g/mol. The van der Waals surface area contributed by atoms with Crippen LogP contribution >= 0.6 is 15.9 Å². The Morgan fingerprint density at radius 3 is 2.58 bits per heavy atom. The first-order valence-corrected chi connectivity index (χ1v) is 9.33. The lowest BCUT2D eigenvalue weighted by Gasteiger charge is -2.18. The molecule has 26 heavy (non-hydrogen) atoms. The minimum absolute atomic E-state index is 0.0110. The van der Waals surface area contributed by atoms with Gasteiger partial charge in [0.15, 0.2) is 0 Å². The Morgan fingerprint density at radius 2 is 1.88 bits per heavy atom. The van der Waals surface area contributed by atoms with E-state index in [1.807, 2.05) is 54.6 Å². The van der Waals surface area contributed by atoms with Crippen LogP contribution in [0.5, 0.6) is 0 Å². The molecule has 0 aliphatic rings. The average molecular weight is 414 g/mol. The van der Waals surface area contributed by atoms with Gasteiger partial charge in [-0.25, -0.2) is 0 Å². The van der Waals surface area contributed by atoms with Gasteiger partial charge >= 0.3 is 0 Å². The van der Waals surface area contributed by atoms with Crippen molar-refractivity contribution in [3.63, 3.8) is 0 Å². The molecule has 2 aromatic carbocycles. The van der Waals surface area contributed by atoms with Crippen LogP contribution < -0.4 is 5.32 Å². The van der Waals surface area contributed by atoms with Crippen LogP contribution in [0.2, 0.25) is 0 Å². The standard InChI is InChI=1S/C19H20BrN5O/c1-2-6-17(14-7-4-3-5-8-14)21-18(26)13-25-23-19(22-24-25)15-9-11-16(20)12-10-15/h3-5,7-12,17H,2,6,13H2,1H3,(H,21,26)/t17-/m0/s1. The highest BCUT2D eigenvalue weighted by Crippen LogP contribution is 2.19. The van der Waals surface area contributed by atoms with Gasteiger partial charge in [-0.3, -0.25) is 4.79 Å². The Labute approximate surface area is 160 Å². The number of aromatic nitrogens is 4. The number of halogens is 1. The molecule has 1 N–H and O–H groups in total. The van der Waals surface area contributed by atoms with Gasteiger partial charge in [0.25, 0.3) is 0 Å². The highest BCUT2D eigenvalue weighted by atomic mass is 79.9. The Balaban J connectivity index is 1.65. The fraction of sp³-hybridized carbons (Fsp3) is 0.263. The minimum Gasteiger partial charge on any atom is -0.348 e. The normalized spacial score (nSPS) is 11.9. The fourth-order valence-electron chi connectivity index (χ4n) is 2.69. The van der Waals surface area contributed by atoms with Gasteiger partial charge in [-0.15, -0.1) is 10.2 Å². The van der Waals surface area contributed by atoms with E-state index in [-0.39, 0.29) is 18.5 Å². The first-order valence-electron chi connectivity index (χ1n) is 8.53. The molecule has 0 spiro atoms. The van der Waals surface area contributed by atoms with Crippen LogP contribution in [0, 0.1) is 0 Å². The van der Waals surface area contributed by atoms with Gasteiger partial charge in [0, 0.05) is 10.0 Å². The SMILES string of the molecule is CCC[C@H](NC(=O)Cn1nnc(-c2ccc(Br)cc2)n1)c1ccccc1. The summed E-state index contributed by atoms with van der Waals surface area (Å²) < 4.78 is 0.982. The van der Waals surface area contributed by atoms with Crippen molar-refractivity contribution in [1.82, 2.24) is 25.5 Å². The highest BCUT2D eigenvalue weighted by Gasteiger charge is 2.15. The summed E-state index contributed by atoms with van der Waals surface area (Å²) in [7, 11) is 0. The number of rotatable bonds is 7. The third-order valence-corrected chi connectivity index (χ3v) is 4.48. The number of hydrogen-bond acceptors (Lipinski definition) is 4. The lowest BCUT2D eigenvalue weighted by molar-refractivity contribution is -0.122. The van der Waals surface area contributed by atoms with E-state index in [0.717, 1.165) is 28.4 Å². The number of hydrogen-bond donors (Lipinski definition) is 1. The minimum atomic E-state index is -0.132. The van der Waals surface area contributed by atoms with Crippen LogP contribution in [0.15, 0.2) is 59.1 Å². The zero-order valence-corrected chi connectivity index (χ0v) is 16.1. The molecular weight excluding hydrogens is 394 g/mol. The van der Waals surface area contributed by atoms with Crippen LogP contribution in [-0.4, -0.2) is 26.1 Å². The molecule has 1 atom stereocenters. The van der Waals surface area contributed by atoms with Crippen molar-refractivity contribution in [2.75, 3.05) is 0 Å². The van der Waals surface area contributed by atoms with Crippen molar-refractivity contribution in [3.05, 3.63) is 64.6 Å². The Bertz CT molecular complexity index is 848. The fourth-order valence-corrected chi connectivity index (χ4v) is 2.95. The molecule has 3 rings (SSSR count). The smallest absolute Gasteiger partial charge is 0.244 e. The molecule has 1 amide bonds. The molecule has 0 bridgehead atoms. The zero-order chi connectivity index (χ0) is 18.4. The third kappa shape index (κ3) is 4.76. The molecular formula is C19H20BrN5O. The Hall–Kier alpha value is -2.54. The molecule has 6 nitrogen and oxygen atoms in total. The second kappa shape index (κ2) is 8.71. The summed E-state index contributed by atoms with van der Waals surface area (Å²) in [6, 6.07) is 17.6. The van der Waals surface area contributed by atoms with Gasteiger partial charge in [0.1, 0.15) is 6.54 Å². The number of carbonyl (C=O) groups is 1. The number of nitrogens with zero attached hydrogens (tertiary/aromatic N) is 4. The van der Waals surface area contributed by atoms with E-state index in [2.05, 4.69) is 43.6 Å². The van der Waals surface area contributed by atoms with E-state index in [1.165, 1.54) is 4.80 Å². The van der Waals surface area contributed by atoms with Gasteiger partial charge < -0.3 is 5.32 Å². The summed E-state index contributed by atoms with van der Waals surface area (Å²) in [6.07, 6.45) is 1.86. The number of benzene rings is 2. The predicted octanol–water partition coefficient (Wildman–Crippen LogP) is 3.76. The van der Waals surface area contributed by atoms with Crippen molar-refractivity contribution >= 4 is 21.8 Å². The molecule has 0 saturated heterocycles. The Morgan fingerprint density at radius 1 is 1.15 bits per heavy atom. The zero-order valence-electron chi connectivity index (χ0n) is 14.5. The molecule has 1 heterocycles. The van der Waals surface area contributed by atoms with E-state index < -0.39 is 0 Å². The molecule has 134 valence electrons. The van der Waals surface area contributed by atoms with Gasteiger partial charge in [-0.05, 0) is 41.5 Å². The summed E-state index contributed by atoms with van der Waals surface area (Å²) in [4.78, 5) is 13.7. The summed E-state index contributed by atoms with van der Waals surface area (Å²) in [5, 5.41) is 15.4. The molecule has 3 aromatic rings. The van der Waals surface area contributed by atoms with Crippen LogP contribution in [0.4, 0.5) is 0 Å². The summed E-state index contributed by atoms with van der Waals surface area (Å²) in [5.41, 5.74) is 1.96. The quantitative estimate of drug-likeness (QED) is 0.639. The summed E-state index contributed by atoms with van der Waals surface area (Å²) in [5.74, 6) is 0.366. The molecule has 0 unspecified atom stereocenters. The van der Waals surface area contributed by atoms with E-state index in [4.69, 9.17) is 0 Å².